The number of carbonyl (C=O) groups excluding carboxylic acids is 2. The third-order valence-electron chi connectivity index (χ3n) is 7.69. The number of nitrogens with zero attached hydrogens (tertiary/aromatic N) is 4. The van der Waals surface area contributed by atoms with Crippen molar-refractivity contribution in [3.8, 4) is 11.5 Å². The number of halogens is 1. The molecule has 0 saturated carbocycles. The Hall–Kier alpha value is -3.50. The number of aryl methyl sites for hydroxylation is 1. The van der Waals surface area contributed by atoms with Gasteiger partial charge in [-0.25, -0.2) is 9.37 Å². The van der Waals surface area contributed by atoms with E-state index < -0.39 is 11.9 Å². The van der Waals surface area contributed by atoms with Crippen LogP contribution in [-0.4, -0.2) is 88.8 Å². The fourth-order valence-electron chi connectivity index (χ4n) is 5.38. The summed E-state index contributed by atoms with van der Waals surface area (Å²) < 4.78 is 20.8. The molecule has 2 aliphatic heterocycles. The van der Waals surface area contributed by atoms with E-state index in [2.05, 4.69) is 21.9 Å². The molecule has 2 aromatic heterocycles. The van der Waals surface area contributed by atoms with Gasteiger partial charge in [-0.2, -0.15) is 0 Å². The summed E-state index contributed by atoms with van der Waals surface area (Å²) in [7, 11) is 2.08. The van der Waals surface area contributed by atoms with Crippen LogP contribution in [0.15, 0.2) is 36.7 Å². The maximum absolute atomic E-state index is 14.9. The predicted octanol–water partition coefficient (Wildman–Crippen LogP) is 2.69. The molecule has 0 radical (unpaired) electrons. The number of pyridine rings is 1. The van der Waals surface area contributed by atoms with Gasteiger partial charge in [0.05, 0.1) is 11.4 Å². The number of piperidine rings is 1. The Morgan fingerprint density at radius 1 is 1.11 bits per heavy atom. The number of ether oxygens (including phenoxy) is 1. The van der Waals surface area contributed by atoms with Crippen molar-refractivity contribution in [1.82, 2.24) is 24.7 Å². The molecule has 202 valence electrons. The van der Waals surface area contributed by atoms with Crippen LogP contribution in [0.5, 0.6) is 11.5 Å². The Morgan fingerprint density at radius 2 is 1.82 bits per heavy atom. The van der Waals surface area contributed by atoms with Crippen LogP contribution < -0.4 is 10.5 Å². The molecule has 1 atom stereocenters. The van der Waals surface area contributed by atoms with Gasteiger partial charge in [0.15, 0.2) is 11.6 Å². The minimum atomic E-state index is -0.792. The van der Waals surface area contributed by atoms with Crippen molar-refractivity contribution in [2.75, 3.05) is 46.3 Å². The molecule has 2 saturated heterocycles. The maximum atomic E-state index is 14.9. The standard InChI is InChI=1S/C28H35FN6O3/c1-18-17-32-26-25(18)24(5-8-31-26)38-23-4-3-19(15-21(23)29)16-22(30)28(37)35-13-11-34(12-14-35)27(36)20-6-9-33(2)10-7-20/h3-5,8,15,17,20,22H,6-7,9-14,16,30H2,1-2H3,(H,31,32). The fourth-order valence-corrected chi connectivity index (χ4v) is 5.38. The van der Waals surface area contributed by atoms with Crippen LogP contribution >= 0.6 is 0 Å². The van der Waals surface area contributed by atoms with E-state index in [1.54, 1.807) is 29.3 Å². The first-order valence-corrected chi connectivity index (χ1v) is 13.2. The minimum Gasteiger partial charge on any atom is -0.453 e. The van der Waals surface area contributed by atoms with Gasteiger partial charge in [-0.05, 0) is 75.6 Å². The number of likely N-dealkylation sites (tertiary alicyclic amines) is 1. The Balaban J connectivity index is 1.15. The molecule has 0 bridgehead atoms. The Morgan fingerprint density at radius 3 is 2.53 bits per heavy atom. The number of rotatable bonds is 6. The molecule has 1 unspecified atom stereocenters. The largest absolute Gasteiger partial charge is 0.453 e. The second kappa shape index (κ2) is 11.1. The number of aromatic amines is 1. The number of amides is 2. The number of hydrogen-bond donors (Lipinski definition) is 2. The smallest absolute Gasteiger partial charge is 0.239 e. The van der Waals surface area contributed by atoms with Crippen molar-refractivity contribution in [2.45, 2.75) is 32.2 Å². The van der Waals surface area contributed by atoms with E-state index in [9.17, 15) is 14.0 Å². The lowest BCUT2D eigenvalue weighted by molar-refractivity contribution is -0.143. The maximum Gasteiger partial charge on any atom is 0.239 e. The summed E-state index contributed by atoms with van der Waals surface area (Å²) in [6.07, 6.45) is 5.42. The molecule has 9 nitrogen and oxygen atoms in total. The van der Waals surface area contributed by atoms with E-state index in [4.69, 9.17) is 10.5 Å². The summed E-state index contributed by atoms with van der Waals surface area (Å²) in [4.78, 5) is 39.1. The summed E-state index contributed by atoms with van der Waals surface area (Å²) in [5, 5.41) is 0.803. The molecular formula is C28H35FN6O3. The second-order valence-electron chi connectivity index (χ2n) is 10.4. The van der Waals surface area contributed by atoms with Crippen LogP contribution in [0.2, 0.25) is 0 Å². The lowest BCUT2D eigenvalue weighted by Gasteiger charge is -2.38. The molecule has 1 aromatic carbocycles. The first-order chi connectivity index (χ1) is 18.3. The highest BCUT2D eigenvalue weighted by molar-refractivity contribution is 5.86. The lowest BCUT2D eigenvalue weighted by Crippen LogP contribution is -2.56. The summed E-state index contributed by atoms with van der Waals surface area (Å²) in [5.74, 6) is 0.175. The Labute approximate surface area is 221 Å². The first-order valence-electron chi connectivity index (χ1n) is 13.2. The van der Waals surface area contributed by atoms with Gasteiger partial charge in [-0.15, -0.1) is 0 Å². The van der Waals surface area contributed by atoms with E-state index >= 15 is 0 Å². The summed E-state index contributed by atoms with van der Waals surface area (Å²) >= 11 is 0. The van der Waals surface area contributed by atoms with Crippen LogP contribution in [0.3, 0.4) is 0 Å². The van der Waals surface area contributed by atoms with E-state index in [1.165, 1.54) is 6.07 Å². The molecule has 0 spiro atoms. The number of nitrogens with one attached hydrogen (secondary N) is 1. The third kappa shape index (κ3) is 5.51. The number of nitrogens with two attached hydrogens (primary N) is 1. The highest BCUT2D eigenvalue weighted by atomic mass is 19.1. The number of hydrogen-bond acceptors (Lipinski definition) is 6. The van der Waals surface area contributed by atoms with Crippen molar-refractivity contribution in [2.24, 2.45) is 11.7 Å². The summed E-state index contributed by atoms with van der Waals surface area (Å²) in [6, 6.07) is 5.56. The number of carbonyl (C=O) groups is 2. The number of benzene rings is 1. The first kappa shape index (κ1) is 26.1. The molecule has 4 heterocycles. The molecule has 2 fully saturated rings. The zero-order valence-corrected chi connectivity index (χ0v) is 22.0. The van der Waals surface area contributed by atoms with Crippen LogP contribution in [0.1, 0.15) is 24.0 Å². The van der Waals surface area contributed by atoms with Crippen molar-refractivity contribution in [3.63, 3.8) is 0 Å². The lowest BCUT2D eigenvalue weighted by atomic mass is 9.95. The van der Waals surface area contributed by atoms with E-state index in [1.807, 2.05) is 18.0 Å². The quantitative estimate of drug-likeness (QED) is 0.516. The Bertz CT molecular complexity index is 1310. The van der Waals surface area contributed by atoms with Crippen LogP contribution in [0, 0.1) is 18.7 Å². The van der Waals surface area contributed by atoms with Crippen molar-refractivity contribution < 1.29 is 18.7 Å². The average molecular weight is 523 g/mol. The fraction of sp³-hybridized carbons (Fsp3) is 0.464. The monoisotopic (exact) mass is 522 g/mol. The minimum absolute atomic E-state index is 0.0780. The number of piperazine rings is 1. The molecule has 2 aliphatic rings. The number of H-pyrrole nitrogens is 1. The van der Waals surface area contributed by atoms with Gasteiger partial charge in [-0.3, -0.25) is 9.59 Å². The summed E-state index contributed by atoms with van der Waals surface area (Å²) in [5.41, 5.74) is 8.49. The zero-order valence-electron chi connectivity index (χ0n) is 22.0. The van der Waals surface area contributed by atoms with E-state index in [-0.39, 0.29) is 29.9 Å². The van der Waals surface area contributed by atoms with Crippen molar-refractivity contribution >= 4 is 22.8 Å². The third-order valence-corrected chi connectivity index (χ3v) is 7.69. The molecule has 3 N–H and O–H groups in total. The number of fused-ring (bicyclic) bond motifs is 1. The van der Waals surface area contributed by atoms with Crippen molar-refractivity contribution in [1.29, 1.82) is 0 Å². The van der Waals surface area contributed by atoms with Crippen LogP contribution in [0.25, 0.3) is 11.0 Å². The molecule has 10 heteroatoms. The SMILES string of the molecule is Cc1c[nH]c2nccc(Oc3ccc(CC(N)C(=O)N4CCN(C(=O)C5CCN(C)CC5)CC4)cc3F)c12. The van der Waals surface area contributed by atoms with E-state index in [0.717, 1.165) is 36.9 Å². The van der Waals surface area contributed by atoms with Gasteiger partial charge in [0, 0.05) is 44.5 Å². The van der Waals surface area contributed by atoms with Crippen LogP contribution in [-0.2, 0) is 16.0 Å². The molecule has 5 rings (SSSR count). The average Bonchev–Trinajstić information content (AvgIpc) is 3.31. The molecular weight excluding hydrogens is 487 g/mol. The van der Waals surface area contributed by atoms with Gasteiger partial charge in [0.2, 0.25) is 11.8 Å². The van der Waals surface area contributed by atoms with Gasteiger partial charge >= 0.3 is 0 Å². The normalized spacial score (nSPS) is 18.1. The summed E-state index contributed by atoms with van der Waals surface area (Å²) in [6.45, 7) is 5.78. The highest BCUT2D eigenvalue weighted by Gasteiger charge is 2.32. The zero-order chi connectivity index (χ0) is 26.8. The van der Waals surface area contributed by atoms with E-state index in [0.29, 0.717) is 43.1 Å². The predicted molar refractivity (Wildman–Crippen MR) is 142 cm³/mol. The van der Waals surface area contributed by atoms with Crippen molar-refractivity contribution in [3.05, 3.63) is 53.6 Å². The molecule has 0 aliphatic carbocycles. The molecule has 3 aromatic rings. The van der Waals surface area contributed by atoms with Gasteiger partial charge in [0.25, 0.3) is 0 Å². The van der Waals surface area contributed by atoms with Gasteiger partial charge < -0.3 is 30.2 Å². The van der Waals surface area contributed by atoms with Crippen LogP contribution in [0.4, 0.5) is 4.39 Å². The van der Waals surface area contributed by atoms with Gasteiger partial charge in [0.1, 0.15) is 11.4 Å². The Kier molecular flexibility index (Phi) is 7.62. The highest BCUT2D eigenvalue weighted by Crippen LogP contribution is 2.32. The molecule has 38 heavy (non-hydrogen) atoms. The second-order valence-corrected chi connectivity index (χ2v) is 10.4. The number of aromatic nitrogens is 2. The topological polar surface area (TPSA) is 108 Å². The molecule has 2 amide bonds. The van der Waals surface area contributed by atoms with Gasteiger partial charge in [-0.1, -0.05) is 6.07 Å².